The summed E-state index contributed by atoms with van der Waals surface area (Å²) < 4.78 is 10.7. The van der Waals surface area contributed by atoms with E-state index in [4.69, 9.17) is 15.2 Å². The van der Waals surface area contributed by atoms with Crippen molar-refractivity contribution < 1.29 is 14.3 Å². The van der Waals surface area contributed by atoms with Gasteiger partial charge in [0.2, 0.25) is 0 Å². The van der Waals surface area contributed by atoms with E-state index in [0.29, 0.717) is 18.4 Å². The van der Waals surface area contributed by atoms with Crippen molar-refractivity contribution in [1.29, 1.82) is 0 Å². The lowest BCUT2D eigenvalue weighted by atomic mass is 10.2. The zero-order chi connectivity index (χ0) is 19.0. The Labute approximate surface area is 180 Å². The third-order valence-electron chi connectivity index (χ3n) is 4.41. The van der Waals surface area contributed by atoms with Crippen LogP contribution >= 0.6 is 24.0 Å². The minimum absolute atomic E-state index is 0. The van der Waals surface area contributed by atoms with Gasteiger partial charge in [-0.2, -0.15) is 0 Å². The summed E-state index contributed by atoms with van der Waals surface area (Å²) in [4.78, 5) is 18.8. The van der Waals surface area contributed by atoms with Crippen LogP contribution in [0.4, 0.5) is 4.79 Å². The summed E-state index contributed by atoms with van der Waals surface area (Å²) in [5, 5.41) is 6.09. The number of hydrogen-bond acceptors (Lipinski definition) is 5. The van der Waals surface area contributed by atoms with E-state index in [1.807, 2.05) is 20.8 Å². The van der Waals surface area contributed by atoms with Gasteiger partial charge in [0.1, 0.15) is 5.60 Å². The molecule has 1 unspecified atom stereocenters. The van der Waals surface area contributed by atoms with Gasteiger partial charge in [0.15, 0.2) is 5.96 Å². The first kappa shape index (κ1) is 24.2. The molecule has 8 nitrogen and oxygen atoms in total. The van der Waals surface area contributed by atoms with Crippen molar-refractivity contribution in [1.82, 2.24) is 15.5 Å². The molecule has 158 valence electrons. The van der Waals surface area contributed by atoms with E-state index in [1.54, 1.807) is 0 Å². The van der Waals surface area contributed by atoms with Crippen LogP contribution in [0.2, 0.25) is 0 Å². The van der Waals surface area contributed by atoms with Gasteiger partial charge in [0.05, 0.1) is 25.8 Å². The third-order valence-corrected chi connectivity index (χ3v) is 4.41. The van der Waals surface area contributed by atoms with Crippen LogP contribution in [-0.4, -0.2) is 74.5 Å². The highest BCUT2D eigenvalue weighted by Crippen LogP contribution is 2.32. The molecule has 1 saturated carbocycles. The molecule has 0 aromatic rings. The molecule has 1 amide bonds. The number of aliphatic imine (C=N–C) groups is 1. The van der Waals surface area contributed by atoms with Gasteiger partial charge in [0, 0.05) is 19.6 Å². The number of amides is 1. The van der Waals surface area contributed by atoms with Gasteiger partial charge in [-0.25, -0.2) is 4.79 Å². The van der Waals surface area contributed by atoms with Gasteiger partial charge in [-0.05, 0) is 52.5 Å². The summed E-state index contributed by atoms with van der Waals surface area (Å²) in [6, 6.07) is -0.0152. The number of alkyl carbamates (subject to hydrolysis) is 1. The van der Waals surface area contributed by atoms with Crippen LogP contribution in [0.1, 0.15) is 40.0 Å². The minimum atomic E-state index is -0.498. The van der Waals surface area contributed by atoms with Gasteiger partial charge in [-0.15, -0.1) is 24.0 Å². The zero-order valence-electron chi connectivity index (χ0n) is 16.8. The zero-order valence-corrected chi connectivity index (χ0v) is 19.2. The predicted octanol–water partition coefficient (Wildman–Crippen LogP) is 1.53. The highest BCUT2D eigenvalue weighted by atomic mass is 127. The molecule has 9 heteroatoms. The molecule has 4 N–H and O–H groups in total. The maximum absolute atomic E-state index is 12.0. The molecule has 2 aliphatic rings. The Morgan fingerprint density at radius 1 is 1.33 bits per heavy atom. The number of rotatable bonds is 8. The fourth-order valence-corrected chi connectivity index (χ4v) is 2.87. The monoisotopic (exact) mass is 497 g/mol. The topological polar surface area (TPSA) is 101 Å². The van der Waals surface area contributed by atoms with Crippen LogP contribution in [0.25, 0.3) is 0 Å². The van der Waals surface area contributed by atoms with Crippen molar-refractivity contribution in [3.05, 3.63) is 0 Å². The second kappa shape index (κ2) is 11.9. The molecule has 1 heterocycles. The Balaban J connectivity index is 0.00000364. The Kier molecular flexibility index (Phi) is 10.7. The van der Waals surface area contributed by atoms with Gasteiger partial charge in [-0.3, -0.25) is 9.89 Å². The van der Waals surface area contributed by atoms with Crippen LogP contribution in [0.3, 0.4) is 0 Å². The lowest BCUT2D eigenvalue weighted by Gasteiger charge is -2.26. The number of carbonyl (C=O) groups excluding carboxylic acids is 1. The van der Waals surface area contributed by atoms with Crippen LogP contribution in [0.15, 0.2) is 4.99 Å². The minimum Gasteiger partial charge on any atom is -0.444 e. The fraction of sp³-hybridized carbons (Fsp3) is 0.889. The molecule has 0 radical (unpaired) electrons. The van der Waals surface area contributed by atoms with Crippen molar-refractivity contribution in [2.24, 2.45) is 16.6 Å². The standard InChI is InChI=1S/C18H35N5O3.HI/c1-18(2,3)26-17(24)22-15(14-5-6-14)13-21-16(19)20-7-4-8-23-9-11-25-12-10-23;/h14-15H,4-13H2,1-3H3,(H,22,24)(H3,19,20,21);1H. The molecular weight excluding hydrogens is 461 g/mol. The van der Waals surface area contributed by atoms with Crippen molar-refractivity contribution in [2.45, 2.75) is 51.7 Å². The van der Waals surface area contributed by atoms with E-state index < -0.39 is 5.60 Å². The fourth-order valence-electron chi connectivity index (χ4n) is 2.87. The largest absolute Gasteiger partial charge is 0.444 e. The second-order valence-electron chi connectivity index (χ2n) is 8.05. The maximum atomic E-state index is 12.0. The molecule has 0 spiro atoms. The molecular formula is C18H36IN5O3. The molecule has 27 heavy (non-hydrogen) atoms. The van der Waals surface area contributed by atoms with Crippen molar-refractivity contribution in [2.75, 3.05) is 45.9 Å². The lowest BCUT2D eigenvalue weighted by molar-refractivity contribution is 0.0376. The van der Waals surface area contributed by atoms with E-state index >= 15 is 0 Å². The predicted molar refractivity (Wildman–Crippen MR) is 118 cm³/mol. The van der Waals surface area contributed by atoms with E-state index in [-0.39, 0.29) is 36.1 Å². The number of halogens is 1. The number of hydrogen-bond donors (Lipinski definition) is 3. The average Bonchev–Trinajstić information content (AvgIpc) is 3.39. The number of ether oxygens (including phenoxy) is 2. The van der Waals surface area contributed by atoms with E-state index in [9.17, 15) is 4.79 Å². The third kappa shape index (κ3) is 10.9. The highest BCUT2D eigenvalue weighted by Gasteiger charge is 2.33. The first-order valence-electron chi connectivity index (χ1n) is 9.67. The highest BCUT2D eigenvalue weighted by molar-refractivity contribution is 14.0. The molecule has 1 aliphatic heterocycles. The number of nitrogens with two attached hydrogens (primary N) is 1. The summed E-state index contributed by atoms with van der Waals surface area (Å²) in [5.41, 5.74) is 5.46. The van der Waals surface area contributed by atoms with Crippen molar-refractivity contribution in [3.63, 3.8) is 0 Å². The quantitative estimate of drug-likeness (QED) is 0.204. The first-order chi connectivity index (χ1) is 12.3. The van der Waals surface area contributed by atoms with Crippen LogP contribution in [0, 0.1) is 5.92 Å². The van der Waals surface area contributed by atoms with E-state index in [1.165, 1.54) is 0 Å². The number of morpholine rings is 1. The average molecular weight is 497 g/mol. The maximum Gasteiger partial charge on any atom is 0.407 e. The molecule has 1 atom stereocenters. The summed E-state index contributed by atoms with van der Waals surface area (Å²) in [5.74, 6) is 0.906. The van der Waals surface area contributed by atoms with Gasteiger partial charge in [0.25, 0.3) is 0 Å². The Hall–Kier alpha value is -0.810. The Bertz CT molecular complexity index is 474. The number of nitrogens with zero attached hydrogens (tertiary/aromatic N) is 2. The summed E-state index contributed by atoms with van der Waals surface area (Å²) in [6.45, 7) is 11.5. The lowest BCUT2D eigenvalue weighted by Crippen LogP contribution is -2.43. The number of guanidine groups is 1. The molecule has 1 saturated heterocycles. The first-order valence-corrected chi connectivity index (χ1v) is 9.67. The molecule has 1 aliphatic carbocycles. The van der Waals surface area contributed by atoms with Gasteiger partial charge >= 0.3 is 6.09 Å². The SMILES string of the molecule is CC(C)(C)OC(=O)NC(CN=C(N)NCCCN1CCOCC1)C1CC1.I. The summed E-state index contributed by atoms with van der Waals surface area (Å²) >= 11 is 0. The molecule has 0 bridgehead atoms. The van der Waals surface area contributed by atoms with Crippen molar-refractivity contribution in [3.8, 4) is 0 Å². The normalized spacial score (nSPS) is 19.7. The summed E-state index contributed by atoms with van der Waals surface area (Å²) in [6.07, 6.45) is 2.85. The van der Waals surface area contributed by atoms with E-state index in [2.05, 4.69) is 20.5 Å². The Morgan fingerprint density at radius 3 is 2.59 bits per heavy atom. The second-order valence-corrected chi connectivity index (χ2v) is 8.05. The molecule has 0 aromatic carbocycles. The molecule has 0 aromatic heterocycles. The smallest absolute Gasteiger partial charge is 0.407 e. The Morgan fingerprint density at radius 2 is 2.00 bits per heavy atom. The summed E-state index contributed by atoms with van der Waals surface area (Å²) in [7, 11) is 0. The van der Waals surface area contributed by atoms with Gasteiger partial charge < -0.3 is 25.8 Å². The van der Waals surface area contributed by atoms with Gasteiger partial charge in [-0.1, -0.05) is 0 Å². The number of nitrogens with one attached hydrogen (secondary N) is 2. The van der Waals surface area contributed by atoms with Crippen LogP contribution in [0.5, 0.6) is 0 Å². The molecule has 2 rings (SSSR count). The molecule has 2 fully saturated rings. The van der Waals surface area contributed by atoms with E-state index in [0.717, 1.165) is 58.7 Å². The van der Waals surface area contributed by atoms with Crippen LogP contribution in [-0.2, 0) is 9.47 Å². The van der Waals surface area contributed by atoms with Crippen LogP contribution < -0.4 is 16.4 Å². The van der Waals surface area contributed by atoms with Crippen molar-refractivity contribution >= 4 is 36.0 Å². The number of carbonyl (C=O) groups is 1.